The first kappa shape index (κ1) is 15.1. The summed E-state index contributed by atoms with van der Waals surface area (Å²) in [5.41, 5.74) is 0.491. The van der Waals surface area contributed by atoms with Crippen molar-refractivity contribution in [1.29, 1.82) is 0 Å². The van der Waals surface area contributed by atoms with E-state index in [1.54, 1.807) is 12.3 Å². The number of halogens is 1. The van der Waals surface area contributed by atoms with Crippen LogP contribution in [0.25, 0.3) is 0 Å². The molecule has 1 amide bonds. The van der Waals surface area contributed by atoms with E-state index < -0.39 is 0 Å². The molecule has 1 aromatic heterocycles. The Morgan fingerprint density at radius 3 is 2.90 bits per heavy atom. The molecule has 110 valence electrons. The fourth-order valence-corrected chi connectivity index (χ4v) is 2.24. The van der Waals surface area contributed by atoms with Gasteiger partial charge in [-0.3, -0.25) is 4.79 Å². The maximum atomic E-state index is 12.0. The summed E-state index contributed by atoms with van der Waals surface area (Å²) in [7, 11) is 2.09. The second kappa shape index (κ2) is 6.90. The van der Waals surface area contributed by atoms with Crippen molar-refractivity contribution in [1.82, 2.24) is 15.2 Å². The van der Waals surface area contributed by atoms with Gasteiger partial charge in [0.1, 0.15) is 5.82 Å². The first-order chi connectivity index (χ1) is 9.61. The van der Waals surface area contributed by atoms with Crippen molar-refractivity contribution in [2.24, 2.45) is 0 Å². The molecule has 0 spiro atoms. The third-order valence-electron chi connectivity index (χ3n) is 3.37. The van der Waals surface area contributed by atoms with Crippen molar-refractivity contribution in [2.75, 3.05) is 32.0 Å². The van der Waals surface area contributed by atoms with E-state index in [9.17, 15) is 4.79 Å². The van der Waals surface area contributed by atoms with E-state index in [2.05, 4.69) is 27.6 Å². The van der Waals surface area contributed by atoms with Crippen LogP contribution in [0.4, 0.5) is 5.82 Å². The van der Waals surface area contributed by atoms with Crippen LogP contribution in [0, 0.1) is 0 Å². The maximum absolute atomic E-state index is 12.0. The van der Waals surface area contributed by atoms with Gasteiger partial charge in [0.25, 0.3) is 5.91 Å². The molecule has 1 aliphatic rings. The first-order valence-electron chi connectivity index (χ1n) is 6.99. The van der Waals surface area contributed by atoms with Crippen LogP contribution in [-0.4, -0.2) is 48.5 Å². The Hall–Kier alpha value is -1.33. The number of anilines is 1. The quantitative estimate of drug-likeness (QED) is 0.808. The van der Waals surface area contributed by atoms with Gasteiger partial charge in [0.15, 0.2) is 0 Å². The summed E-state index contributed by atoms with van der Waals surface area (Å²) in [5.74, 6) is 0.478. The molecule has 0 aliphatic heterocycles. The first-order valence-corrected chi connectivity index (χ1v) is 7.37. The largest absolute Gasteiger partial charge is 0.369 e. The van der Waals surface area contributed by atoms with Crippen LogP contribution in [0.3, 0.4) is 0 Å². The number of rotatable bonds is 7. The van der Waals surface area contributed by atoms with Crippen LogP contribution in [0.1, 0.15) is 30.1 Å². The Morgan fingerprint density at radius 2 is 2.30 bits per heavy atom. The lowest BCUT2D eigenvalue weighted by Crippen LogP contribution is -2.34. The van der Waals surface area contributed by atoms with E-state index >= 15 is 0 Å². The molecular formula is C14H21ClN4O. The number of carbonyl (C=O) groups is 1. The van der Waals surface area contributed by atoms with Gasteiger partial charge in [-0.2, -0.15) is 0 Å². The van der Waals surface area contributed by atoms with E-state index in [0.29, 0.717) is 29.0 Å². The highest BCUT2D eigenvalue weighted by Gasteiger charge is 2.25. The van der Waals surface area contributed by atoms with E-state index in [1.807, 2.05) is 6.92 Å². The summed E-state index contributed by atoms with van der Waals surface area (Å²) >= 11 is 6.07. The van der Waals surface area contributed by atoms with Gasteiger partial charge in [-0.1, -0.05) is 11.6 Å². The molecule has 2 N–H and O–H groups in total. The van der Waals surface area contributed by atoms with Crippen molar-refractivity contribution in [3.8, 4) is 0 Å². The number of aromatic nitrogens is 1. The van der Waals surface area contributed by atoms with Gasteiger partial charge >= 0.3 is 0 Å². The minimum absolute atomic E-state index is 0.133. The summed E-state index contributed by atoms with van der Waals surface area (Å²) in [4.78, 5) is 18.4. The van der Waals surface area contributed by atoms with Crippen molar-refractivity contribution in [2.45, 2.75) is 25.8 Å². The van der Waals surface area contributed by atoms with Crippen molar-refractivity contribution < 1.29 is 4.79 Å². The number of carbonyl (C=O) groups excluding carboxylic acids is 1. The molecule has 0 unspecified atom stereocenters. The van der Waals surface area contributed by atoms with Gasteiger partial charge in [-0.25, -0.2) is 4.98 Å². The van der Waals surface area contributed by atoms with Gasteiger partial charge in [0, 0.05) is 31.9 Å². The number of pyridine rings is 1. The Bertz CT molecular complexity index is 476. The predicted molar refractivity (Wildman–Crippen MR) is 81.4 cm³/mol. The Labute approximate surface area is 124 Å². The maximum Gasteiger partial charge on any atom is 0.252 e. The third kappa shape index (κ3) is 4.08. The van der Waals surface area contributed by atoms with Crippen LogP contribution in [0.2, 0.25) is 5.02 Å². The number of amides is 1. The average molecular weight is 297 g/mol. The van der Waals surface area contributed by atoms with Crippen LogP contribution < -0.4 is 10.6 Å². The molecule has 1 aliphatic carbocycles. The zero-order chi connectivity index (χ0) is 14.5. The number of likely N-dealkylation sites (N-methyl/N-ethyl adjacent to an activating group) is 1. The topological polar surface area (TPSA) is 57.3 Å². The number of nitrogens with zero attached hydrogens (tertiary/aromatic N) is 2. The molecule has 1 fully saturated rings. The van der Waals surface area contributed by atoms with E-state index in [1.165, 1.54) is 12.8 Å². The zero-order valence-corrected chi connectivity index (χ0v) is 12.7. The highest BCUT2D eigenvalue weighted by molar-refractivity contribution is 6.33. The molecule has 6 heteroatoms. The number of hydrogen-bond donors (Lipinski definition) is 2. The number of hydrogen-bond acceptors (Lipinski definition) is 4. The smallest absolute Gasteiger partial charge is 0.252 e. The molecule has 1 saturated carbocycles. The van der Waals surface area contributed by atoms with Crippen molar-refractivity contribution in [3.63, 3.8) is 0 Å². The van der Waals surface area contributed by atoms with Crippen LogP contribution in [0.15, 0.2) is 12.3 Å². The fourth-order valence-electron chi connectivity index (χ4n) is 2.01. The summed E-state index contributed by atoms with van der Waals surface area (Å²) in [6.45, 7) is 4.21. The molecule has 0 saturated heterocycles. The van der Waals surface area contributed by atoms with Gasteiger partial charge in [0.2, 0.25) is 0 Å². The van der Waals surface area contributed by atoms with E-state index in [4.69, 9.17) is 11.6 Å². The lowest BCUT2D eigenvalue weighted by Gasteiger charge is -2.15. The predicted octanol–water partition coefficient (Wildman–Crippen LogP) is 1.99. The average Bonchev–Trinajstić information content (AvgIpc) is 3.25. The Balaban J connectivity index is 1.83. The van der Waals surface area contributed by atoms with Gasteiger partial charge in [-0.05, 0) is 32.9 Å². The van der Waals surface area contributed by atoms with Crippen molar-refractivity contribution in [3.05, 3.63) is 22.8 Å². The Morgan fingerprint density at radius 1 is 1.55 bits per heavy atom. The minimum atomic E-state index is -0.133. The van der Waals surface area contributed by atoms with Crippen LogP contribution in [0.5, 0.6) is 0 Å². The number of nitrogens with one attached hydrogen (secondary N) is 2. The second-order valence-corrected chi connectivity index (χ2v) is 5.46. The molecule has 0 aromatic carbocycles. The minimum Gasteiger partial charge on any atom is -0.369 e. The summed E-state index contributed by atoms with van der Waals surface area (Å²) in [6.07, 6.45) is 4.09. The molecule has 5 nitrogen and oxygen atoms in total. The molecule has 0 bridgehead atoms. The standard InChI is InChI=1S/C14H21ClN4O/c1-3-16-13-12(15)8-10(9-18-13)14(20)17-6-7-19(2)11-4-5-11/h8-9,11H,3-7H2,1-2H3,(H,16,18)(H,17,20). The molecule has 0 radical (unpaired) electrons. The molecule has 1 aromatic rings. The van der Waals surface area contributed by atoms with Gasteiger partial charge < -0.3 is 15.5 Å². The second-order valence-electron chi connectivity index (χ2n) is 5.05. The highest BCUT2D eigenvalue weighted by atomic mass is 35.5. The molecule has 20 heavy (non-hydrogen) atoms. The fraction of sp³-hybridized carbons (Fsp3) is 0.571. The molecule has 2 rings (SSSR count). The molecule has 1 heterocycles. The van der Waals surface area contributed by atoms with Gasteiger partial charge in [-0.15, -0.1) is 0 Å². The molecule has 0 atom stereocenters. The van der Waals surface area contributed by atoms with Crippen LogP contribution in [-0.2, 0) is 0 Å². The molecular weight excluding hydrogens is 276 g/mol. The van der Waals surface area contributed by atoms with Gasteiger partial charge in [0.05, 0.1) is 10.6 Å². The van der Waals surface area contributed by atoms with Crippen LogP contribution >= 0.6 is 11.6 Å². The summed E-state index contributed by atoms with van der Waals surface area (Å²) < 4.78 is 0. The lowest BCUT2D eigenvalue weighted by atomic mass is 10.2. The zero-order valence-electron chi connectivity index (χ0n) is 11.9. The van der Waals surface area contributed by atoms with E-state index in [0.717, 1.165) is 13.1 Å². The van der Waals surface area contributed by atoms with E-state index in [-0.39, 0.29) is 5.91 Å². The SMILES string of the molecule is CCNc1ncc(C(=O)NCCN(C)C2CC2)cc1Cl. The Kier molecular flexibility index (Phi) is 5.20. The third-order valence-corrected chi connectivity index (χ3v) is 3.66. The normalized spacial score (nSPS) is 14.4. The highest BCUT2D eigenvalue weighted by Crippen LogP contribution is 2.24. The summed E-state index contributed by atoms with van der Waals surface area (Å²) in [5, 5.41) is 6.40. The lowest BCUT2D eigenvalue weighted by molar-refractivity contribution is 0.0949. The monoisotopic (exact) mass is 296 g/mol. The summed E-state index contributed by atoms with van der Waals surface area (Å²) in [6, 6.07) is 2.36. The van der Waals surface area contributed by atoms with Crippen molar-refractivity contribution >= 4 is 23.3 Å².